The van der Waals surface area contributed by atoms with Gasteiger partial charge in [-0.3, -0.25) is 0 Å². The van der Waals surface area contributed by atoms with Crippen molar-refractivity contribution in [3.63, 3.8) is 0 Å². The molecule has 2 unspecified atom stereocenters. The molecule has 1 saturated heterocycles. The van der Waals surface area contributed by atoms with Gasteiger partial charge in [0.2, 0.25) is 0 Å². The lowest BCUT2D eigenvalue weighted by Gasteiger charge is -2.27. The molecular weight excluding hydrogens is 216 g/mol. The third kappa shape index (κ3) is 2.69. The van der Waals surface area contributed by atoms with E-state index in [1.54, 1.807) is 11.8 Å². The van der Waals surface area contributed by atoms with Crippen LogP contribution in [-0.4, -0.2) is 12.3 Å². The summed E-state index contributed by atoms with van der Waals surface area (Å²) in [5.74, 6) is 0.622. The van der Waals surface area contributed by atoms with E-state index in [0.29, 0.717) is 11.5 Å². The van der Waals surface area contributed by atoms with Gasteiger partial charge >= 0.3 is 0 Å². The summed E-state index contributed by atoms with van der Waals surface area (Å²) in [5.41, 5.74) is 0.685. The van der Waals surface area contributed by atoms with Crippen LogP contribution >= 0.6 is 11.8 Å². The van der Waals surface area contributed by atoms with Gasteiger partial charge in [-0.2, -0.15) is 0 Å². The van der Waals surface area contributed by atoms with Gasteiger partial charge in [0.15, 0.2) is 0 Å². The minimum Gasteiger partial charge on any atom is -0.301 e. The Labute approximate surface area is 92.3 Å². The summed E-state index contributed by atoms with van der Waals surface area (Å²) in [6.07, 6.45) is 0. The molecule has 0 aliphatic carbocycles. The Morgan fingerprint density at radius 2 is 1.93 bits per heavy atom. The van der Waals surface area contributed by atoms with Crippen LogP contribution in [0.4, 0.5) is 8.78 Å². The van der Waals surface area contributed by atoms with Crippen LogP contribution in [0.1, 0.15) is 17.9 Å². The van der Waals surface area contributed by atoms with Crippen LogP contribution in [0.25, 0.3) is 0 Å². The molecule has 1 N–H and O–H groups in total. The fraction of sp³-hybridized carbons (Fsp3) is 0.455. The van der Waals surface area contributed by atoms with Crippen molar-refractivity contribution in [1.29, 1.82) is 0 Å². The normalized spacial score (nSPS) is 26.6. The largest absolute Gasteiger partial charge is 0.301 e. The fourth-order valence-electron chi connectivity index (χ4n) is 1.63. The third-order valence-electron chi connectivity index (χ3n) is 2.39. The zero-order valence-electron chi connectivity index (χ0n) is 8.47. The second-order valence-corrected chi connectivity index (χ2v) is 5.07. The van der Waals surface area contributed by atoms with Crippen molar-refractivity contribution in [3.05, 3.63) is 35.4 Å². The number of halogens is 2. The summed E-state index contributed by atoms with van der Waals surface area (Å²) < 4.78 is 26.0. The highest BCUT2D eigenvalue weighted by Gasteiger charge is 2.20. The maximum absolute atomic E-state index is 13.0. The number of nitrogens with one attached hydrogen (secondary N) is 1. The lowest BCUT2D eigenvalue weighted by molar-refractivity contribution is 0.523. The molecule has 0 amide bonds. The minimum absolute atomic E-state index is 0.0198. The Bertz CT molecular complexity index is 328. The Kier molecular flexibility index (Phi) is 3.26. The summed E-state index contributed by atoms with van der Waals surface area (Å²) in [7, 11) is 0. The van der Waals surface area contributed by atoms with Gasteiger partial charge in [-0.25, -0.2) is 8.78 Å². The molecule has 15 heavy (non-hydrogen) atoms. The Hall–Kier alpha value is -0.610. The third-order valence-corrected chi connectivity index (χ3v) is 3.92. The smallest absolute Gasteiger partial charge is 0.126 e. The van der Waals surface area contributed by atoms with Gasteiger partial charge in [-0.15, -0.1) is 11.8 Å². The molecule has 1 aliphatic heterocycles. The van der Waals surface area contributed by atoms with Gasteiger partial charge in [-0.05, 0) is 35.9 Å². The van der Waals surface area contributed by atoms with Crippen LogP contribution in [0.15, 0.2) is 18.2 Å². The first-order valence-corrected chi connectivity index (χ1v) is 6.01. The first-order valence-electron chi connectivity index (χ1n) is 4.96. The molecule has 1 fully saturated rings. The van der Waals surface area contributed by atoms with Gasteiger partial charge in [0.25, 0.3) is 0 Å². The monoisotopic (exact) mass is 229 g/mol. The average Bonchev–Trinajstić information content (AvgIpc) is 2.17. The molecule has 4 heteroatoms. The number of hydrogen-bond donors (Lipinski definition) is 1. The van der Waals surface area contributed by atoms with Gasteiger partial charge in [-0.1, -0.05) is 6.92 Å². The van der Waals surface area contributed by atoms with Crippen LogP contribution in [0.5, 0.6) is 0 Å². The predicted molar refractivity (Wildman–Crippen MR) is 58.7 cm³/mol. The first kappa shape index (κ1) is 10.9. The van der Waals surface area contributed by atoms with Crippen molar-refractivity contribution in [2.75, 3.05) is 12.3 Å². The summed E-state index contributed by atoms with van der Waals surface area (Å²) >= 11 is 1.70. The van der Waals surface area contributed by atoms with Crippen molar-refractivity contribution in [1.82, 2.24) is 5.32 Å². The maximum Gasteiger partial charge on any atom is 0.126 e. The van der Waals surface area contributed by atoms with Crippen molar-refractivity contribution < 1.29 is 8.78 Å². The fourth-order valence-corrected chi connectivity index (χ4v) is 2.81. The van der Waals surface area contributed by atoms with Crippen molar-refractivity contribution in [3.8, 4) is 0 Å². The summed E-state index contributed by atoms with van der Waals surface area (Å²) in [6.45, 7) is 3.05. The SMILES string of the molecule is CC1CNC(c2cc(F)cc(F)c2)SC1. The number of hydrogen-bond acceptors (Lipinski definition) is 2. The van der Waals surface area contributed by atoms with E-state index in [0.717, 1.165) is 18.4 Å². The molecule has 1 heterocycles. The van der Waals surface area contributed by atoms with Crippen LogP contribution in [0, 0.1) is 17.6 Å². The van der Waals surface area contributed by atoms with Crippen LogP contribution in [0.3, 0.4) is 0 Å². The highest BCUT2D eigenvalue weighted by Crippen LogP contribution is 2.31. The van der Waals surface area contributed by atoms with E-state index >= 15 is 0 Å². The van der Waals surface area contributed by atoms with E-state index < -0.39 is 11.6 Å². The molecule has 0 bridgehead atoms. The van der Waals surface area contributed by atoms with Gasteiger partial charge in [0, 0.05) is 6.07 Å². The Morgan fingerprint density at radius 1 is 1.27 bits per heavy atom. The number of benzene rings is 1. The molecule has 1 aliphatic rings. The maximum atomic E-state index is 13.0. The van der Waals surface area contributed by atoms with E-state index in [1.165, 1.54) is 12.1 Å². The van der Waals surface area contributed by atoms with Gasteiger partial charge in [0.1, 0.15) is 11.6 Å². The molecule has 2 atom stereocenters. The lowest BCUT2D eigenvalue weighted by Crippen LogP contribution is -2.31. The van der Waals surface area contributed by atoms with E-state index in [4.69, 9.17) is 0 Å². The van der Waals surface area contributed by atoms with E-state index in [1.807, 2.05) is 0 Å². The predicted octanol–water partition coefficient (Wildman–Crippen LogP) is 2.94. The van der Waals surface area contributed by atoms with Crippen LogP contribution < -0.4 is 5.32 Å². The molecular formula is C11H13F2NS. The Balaban J connectivity index is 2.15. The summed E-state index contributed by atoms with van der Waals surface area (Å²) in [5, 5.41) is 3.29. The number of thioether (sulfide) groups is 1. The second-order valence-electron chi connectivity index (χ2n) is 3.93. The Morgan fingerprint density at radius 3 is 2.47 bits per heavy atom. The molecule has 1 aromatic rings. The first-order chi connectivity index (χ1) is 7.15. The highest BCUT2D eigenvalue weighted by atomic mass is 32.2. The van der Waals surface area contributed by atoms with Crippen molar-refractivity contribution in [2.45, 2.75) is 12.3 Å². The molecule has 82 valence electrons. The molecule has 0 aromatic heterocycles. The number of rotatable bonds is 1. The second kappa shape index (κ2) is 4.49. The highest BCUT2D eigenvalue weighted by molar-refractivity contribution is 7.99. The van der Waals surface area contributed by atoms with E-state index in [-0.39, 0.29) is 5.37 Å². The van der Waals surface area contributed by atoms with Crippen LogP contribution in [-0.2, 0) is 0 Å². The van der Waals surface area contributed by atoms with Gasteiger partial charge in [0.05, 0.1) is 5.37 Å². The zero-order valence-corrected chi connectivity index (χ0v) is 9.28. The molecule has 0 saturated carbocycles. The quantitative estimate of drug-likeness (QED) is 0.794. The lowest BCUT2D eigenvalue weighted by atomic mass is 10.1. The van der Waals surface area contributed by atoms with Crippen molar-refractivity contribution in [2.24, 2.45) is 5.92 Å². The van der Waals surface area contributed by atoms with Crippen LogP contribution in [0.2, 0.25) is 0 Å². The van der Waals surface area contributed by atoms with Crippen molar-refractivity contribution >= 4 is 11.8 Å². The summed E-state index contributed by atoms with van der Waals surface area (Å²) in [6, 6.07) is 3.69. The average molecular weight is 229 g/mol. The minimum atomic E-state index is -0.508. The van der Waals surface area contributed by atoms with E-state index in [2.05, 4.69) is 12.2 Å². The van der Waals surface area contributed by atoms with Gasteiger partial charge < -0.3 is 5.32 Å². The molecule has 0 radical (unpaired) electrons. The molecule has 1 nitrogen and oxygen atoms in total. The summed E-state index contributed by atoms with van der Waals surface area (Å²) in [4.78, 5) is 0. The topological polar surface area (TPSA) is 12.0 Å². The molecule has 2 rings (SSSR count). The zero-order chi connectivity index (χ0) is 10.8. The molecule has 1 aromatic carbocycles. The standard InChI is InChI=1S/C11H13F2NS/c1-7-5-14-11(15-6-7)8-2-9(12)4-10(13)3-8/h2-4,7,11,14H,5-6H2,1H3. The molecule has 0 spiro atoms. The van der Waals surface area contributed by atoms with E-state index in [9.17, 15) is 8.78 Å².